The summed E-state index contributed by atoms with van der Waals surface area (Å²) in [4.78, 5) is 13.2. The zero-order valence-corrected chi connectivity index (χ0v) is 13.8. The third kappa shape index (κ3) is 2.44. The fraction of sp³-hybridized carbons (Fsp3) is 0.412. The summed E-state index contributed by atoms with van der Waals surface area (Å²) < 4.78 is 2.26. The average molecular weight is 312 g/mol. The molecule has 22 heavy (non-hydrogen) atoms. The fourth-order valence-corrected chi connectivity index (χ4v) is 4.21. The van der Waals surface area contributed by atoms with E-state index >= 15 is 0 Å². The highest BCUT2D eigenvalue weighted by atomic mass is 32.1. The second kappa shape index (κ2) is 5.48. The maximum absolute atomic E-state index is 4.88. The lowest BCUT2D eigenvalue weighted by Gasteiger charge is -2.11. The number of hydrogen-bond acceptors (Lipinski definition) is 4. The molecule has 0 N–H and O–H groups in total. The van der Waals surface area contributed by atoms with E-state index in [0.29, 0.717) is 5.92 Å². The summed E-state index contributed by atoms with van der Waals surface area (Å²) in [6, 6.07) is 8.37. The number of pyridine rings is 1. The van der Waals surface area contributed by atoms with Crippen LogP contribution in [0.5, 0.6) is 0 Å². The lowest BCUT2D eigenvalue weighted by atomic mass is 10.0. The van der Waals surface area contributed by atoms with Gasteiger partial charge in [0.1, 0.15) is 16.3 Å². The molecule has 0 aromatic carbocycles. The fourth-order valence-electron chi connectivity index (χ4n) is 3.32. The monoisotopic (exact) mass is 312 g/mol. The van der Waals surface area contributed by atoms with Crippen molar-refractivity contribution in [2.75, 3.05) is 20.1 Å². The number of thiophene rings is 1. The molecule has 0 spiro atoms. The first-order valence-electron chi connectivity index (χ1n) is 7.78. The Morgan fingerprint density at radius 3 is 2.95 bits per heavy atom. The van der Waals surface area contributed by atoms with Crippen molar-refractivity contribution in [3.63, 3.8) is 0 Å². The van der Waals surface area contributed by atoms with Crippen LogP contribution in [0.25, 0.3) is 16.2 Å². The van der Waals surface area contributed by atoms with Crippen molar-refractivity contribution in [1.82, 2.24) is 19.4 Å². The molecule has 0 saturated carbocycles. The van der Waals surface area contributed by atoms with Gasteiger partial charge in [0.05, 0.1) is 0 Å². The number of fused-ring (bicyclic) bond motifs is 1. The van der Waals surface area contributed by atoms with E-state index in [1.807, 2.05) is 12.3 Å². The van der Waals surface area contributed by atoms with Crippen LogP contribution in [0.4, 0.5) is 0 Å². The first-order valence-corrected chi connectivity index (χ1v) is 8.60. The molecule has 0 amide bonds. The van der Waals surface area contributed by atoms with Gasteiger partial charge in [-0.25, -0.2) is 9.97 Å². The summed E-state index contributed by atoms with van der Waals surface area (Å²) >= 11 is 1.81. The number of hydrogen-bond donors (Lipinski definition) is 0. The number of likely N-dealkylation sites (tertiary alicyclic amines) is 1. The maximum atomic E-state index is 4.88. The van der Waals surface area contributed by atoms with Gasteiger partial charge >= 0.3 is 0 Å². The highest BCUT2D eigenvalue weighted by Crippen LogP contribution is 2.28. The molecule has 0 radical (unpaired) electrons. The molecule has 5 heteroatoms. The first-order chi connectivity index (χ1) is 10.7. The van der Waals surface area contributed by atoms with Crippen molar-refractivity contribution in [3.05, 3.63) is 41.2 Å². The van der Waals surface area contributed by atoms with Crippen LogP contribution in [0, 0.1) is 12.8 Å². The highest BCUT2D eigenvalue weighted by molar-refractivity contribution is 7.14. The van der Waals surface area contributed by atoms with Crippen LogP contribution in [0.3, 0.4) is 0 Å². The van der Waals surface area contributed by atoms with Crippen LogP contribution in [-0.4, -0.2) is 39.6 Å². The summed E-state index contributed by atoms with van der Waals surface area (Å²) in [6.45, 7) is 4.51. The van der Waals surface area contributed by atoms with E-state index in [1.54, 1.807) is 11.3 Å². The molecule has 1 aliphatic rings. The predicted molar refractivity (Wildman–Crippen MR) is 90.8 cm³/mol. The molecule has 4 heterocycles. The number of nitrogens with zero attached hydrogens (tertiary/aromatic N) is 4. The second-order valence-electron chi connectivity index (χ2n) is 6.21. The van der Waals surface area contributed by atoms with E-state index in [2.05, 4.69) is 46.6 Å². The van der Waals surface area contributed by atoms with Crippen molar-refractivity contribution < 1.29 is 0 Å². The average Bonchev–Trinajstić information content (AvgIpc) is 3.18. The maximum Gasteiger partial charge on any atom is 0.165 e. The highest BCUT2D eigenvalue weighted by Gasteiger charge is 2.23. The Morgan fingerprint density at radius 1 is 1.32 bits per heavy atom. The van der Waals surface area contributed by atoms with Gasteiger partial charge in [-0.15, -0.1) is 11.3 Å². The third-order valence-corrected chi connectivity index (χ3v) is 5.38. The zero-order valence-electron chi connectivity index (χ0n) is 13.0. The van der Waals surface area contributed by atoms with Crippen LogP contribution in [0.2, 0.25) is 0 Å². The minimum atomic E-state index is 0.696. The van der Waals surface area contributed by atoms with E-state index in [9.17, 15) is 0 Å². The molecule has 3 aromatic heterocycles. The van der Waals surface area contributed by atoms with Gasteiger partial charge < -0.3 is 4.90 Å². The molecule has 114 valence electrons. The predicted octanol–water partition coefficient (Wildman–Crippen LogP) is 3.28. The molecule has 4 rings (SSSR count). The summed E-state index contributed by atoms with van der Waals surface area (Å²) in [5, 5.41) is 1.22. The number of imidazole rings is 1. The molecule has 4 nitrogen and oxygen atoms in total. The summed E-state index contributed by atoms with van der Waals surface area (Å²) in [7, 11) is 2.20. The second-order valence-corrected chi connectivity index (χ2v) is 7.48. The number of rotatable bonds is 3. The van der Waals surface area contributed by atoms with Crippen molar-refractivity contribution in [2.24, 2.45) is 5.92 Å². The van der Waals surface area contributed by atoms with E-state index in [-0.39, 0.29) is 0 Å². The van der Waals surface area contributed by atoms with Crippen molar-refractivity contribution in [2.45, 2.75) is 19.8 Å². The Hall–Kier alpha value is -1.72. The Morgan fingerprint density at radius 2 is 2.23 bits per heavy atom. The Bertz CT molecular complexity index is 804. The van der Waals surface area contributed by atoms with Crippen molar-refractivity contribution in [3.8, 4) is 5.00 Å². The number of aromatic nitrogens is 3. The van der Waals surface area contributed by atoms with Crippen molar-refractivity contribution in [1.29, 1.82) is 0 Å². The molecule has 0 bridgehead atoms. The van der Waals surface area contributed by atoms with Gasteiger partial charge in [-0.2, -0.15) is 0 Å². The van der Waals surface area contributed by atoms with Gasteiger partial charge in [-0.1, -0.05) is 0 Å². The molecule has 3 aromatic rings. The van der Waals surface area contributed by atoms with Crippen molar-refractivity contribution >= 4 is 22.5 Å². The molecule has 1 atom stereocenters. The van der Waals surface area contributed by atoms with E-state index in [0.717, 1.165) is 23.4 Å². The van der Waals surface area contributed by atoms with Gasteiger partial charge in [0.2, 0.25) is 0 Å². The Balaban J connectivity index is 1.79. The third-order valence-electron chi connectivity index (χ3n) is 4.39. The van der Waals surface area contributed by atoms with E-state index in [4.69, 9.17) is 4.98 Å². The minimum absolute atomic E-state index is 0.696. The van der Waals surface area contributed by atoms with Gasteiger partial charge in [0.25, 0.3) is 0 Å². The largest absolute Gasteiger partial charge is 0.306 e. The van der Waals surface area contributed by atoms with E-state index < -0.39 is 0 Å². The molecule has 0 aliphatic carbocycles. The van der Waals surface area contributed by atoms with Crippen LogP contribution >= 0.6 is 11.3 Å². The van der Waals surface area contributed by atoms with Gasteiger partial charge in [-0.3, -0.25) is 4.57 Å². The van der Waals surface area contributed by atoms with Gasteiger partial charge in [0, 0.05) is 24.0 Å². The minimum Gasteiger partial charge on any atom is -0.306 e. The van der Waals surface area contributed by atoms with Crippen LogP contribution in [0.15, 0.2) is 30.5 Å². The first kappa shape index (κ1) is 13.9. The summed E-state index contributed by atoms with van der Waals surface area (Å²) in [5.41, 5.74) is 1.97. The number of aryl methyl sites for hydroxylation is 1. The molecule has 1 saturated heterocycles. The molecule has 1 unspecified atom stereocenters. The summed E-state index contributed by atoms with van der Waals surface area (Å²) in [5.74, 6) is 1.84. The Labute approximate surface area is 134 Å². The molecule has 1 fully saturated rings. The van der Waals surface area contributed by atoms with Crippen LogP contribution < -0.4 is 0 Å². The molecular weight excluding hydrogens is 292 g/mol. The standard InChI is InChI=1S/C17H20N4S/c1-12-5-6-16(22-12)21-15(10-13-7-9-20(2)11-13)19-14-4-3-8-18-17(14)21/h3-6,8,13H,7,9-11H2,1-2H3. The van der Waals surface area contributed by atoms with Crippen LogP contribution in [0.1, 0.15) is 17.1 Å². The lowest BCUT2D eigenvalue weighted by molar-refractivity contribution is 0.392. The molecular formula is C17H20N4S. The zero-order chi connectivity index (χ0) is 15.1. The summed E-state index contributed by atoms with van der Waals surface area (Å²) in [6.07, 6.45) is 4.14. The quantitative estimate of drug-likeness (QED) is 0.744. The smallest absolute Gasteiger partial charge is 0.165 e. The van der Waals surface area contributed by atoms with E-state index in [1.165, 1.54) is 29.4 Å². The van der Waals surface area contributed by atoms with Crippen LogP contribution in [-0.2, 0) is 6.42 Å². The SMILES string of the molecule is Cc1ccc(-n2c(CC3CCN(C)C3)nc3cccnc32)s1. The van der Waals surface area contributed by atoms with Gasteiger partial charge in [0.15, 0.2) is 5.65 Å². The normalized spacial score (nSPS) is 19.3. The Kier molecular flexibility index (Phi) is 3.47. The topological polar surface area (TPSA) is 34.0 Å². The molecule has 1 aliphatic heterocycles. The lowest BCUT2D eigenvalue weighted by Crippen LogP contribution is -2.16. The van der Waals surface area contributed by atoms with Gasteiger partial charge in [-0.05, 0) is 57.1 Å².